The highest BCUT2D eigenvalue weighted by Gasteiger charge is 2.18. The summed E-state index contributed by atoms with van der Waals surface area (Å²) < 4.78 is 15.9. The maximum absolute atomic E-state index is 12.7. The van der Waals surface area contributed by atoms with Gasteiger partial charge in [-0.15, -0.1) is 0 Å². The summed E-state index contributed by atoms with van der Waals surface area (Å²) in [6.07, 6.45) is 0. The van der Waals surface area contributed by atoms with Crippen LogP contribution in [-0.4, -0.2) is 42.7 Å². The van der Waals surface area contributed by atoms with Gasteiger partial charge in [0.1, 0.15) is 17.3 Å². The number of methoxy groups -OCH3 is 3. The summed E-state index contributed by atoms with van der Waals surface area (Å²) in [7, 11) is 4.55. The summed E-state index contributed by atoms with van der Waals surface area (Å²) >= 11 is 0. The molecule has 1 amide bonds. The molecule has 1 aromatic carbocycles. The van der Waals surface area contributed by atoms with Crippen molar-refractivity contribution >= 4 is 17.4 Å². The van der Waals surface area contributed by atoms with Gasteiger partial charge in [0.15, 0.2) is 11.5 Å². The fourth-order valence-electron chi connectivity index (χ4n) is 2.48. The van der Waals surface area contributed by atoms with Crippen molar-refractivity contribution < 1.29 is 19.0 Å². The number of hydrogen-bond donors (Lipinski definition) is 2. The van der Waals surface area contributed by atoms with Crippen molar-refractivity contribution in [2.45, 2.75) is 33.2 Å². The molecule has 0 saturated heterocycles. The smallest absolute Gasteiger partial charge is 0.274 e. The summed E-state index contributed by atoms with van der Waals surface area (Å²) in [5.74, 6) is 2.06. The van der Waals surface area contributed by atoms with Crippen LogP contribution in [0.15, 0.2) is 18.2 Å². The van der Waals surface area contributed by atoms with Crippen molar-refractivity contribution in [3.8, 4) is 17.2 Å². The molecule has 0 aliphatic carbocycles. The number of hydrogen-bond acceptors (Lipinski definition) is 7. The first-order valence-corrected chi connectivity index (χ1v) is 8.42. The summed E-state index contributed by atoms with van der Waals surface area (Å²) in [5.41, 5.74) is 0.560. The number of rotatable bonds is 6. The van der Waals surface area contributed by atoms with Crippen LogP contribution in [0.4, 0.5) is 11.5 Å². The zero-order chi connectivity index (χ0) is 20.2. The van der Waals surface area contributed by atoms with Gasteiger partial charge in [0.25, 0.3) is 5.91 Å². The molecule has 8 nitrogen and oxygen atoms in total. The Morgan fingerprint density at radius 2 is 1.56 bits per heavy atom. The average Bonchev–Trinajstić information content (AvgIpc) is 2.58. The van der Waals surface area contributed by atoms with Crippen LogP contribution in [0.2, 0.25) is 0 Å². The third kappa shape index (κ3) is 5.22. The molecular formula is C19H26N4O4. The Hall–Kier alpha value is -3.03. The Morgan fingerprint density at radius 3 is 2.04 bits per heavy atom. The maximum atomic E-state index is 12.7. The molecule has 0 saturated carbocycles. The molecule has 0 aliphatic rings. The van der Waals surface area contributed by atoms with Crippen LogP contribution < -0.4 is 24.8 Å². The van der Waals surface area contributed by atoms with E-state index in [1.54, 1.807) is 25.1 Å². The molecular weight excluding hydrogens is 348 g/mol. The third-order valence-electron chi connectivity index (χ3n) is 3.50. The van der Waals surface area contributed by atoms with E-state index in [9.17, 15) is 4.79 Å². The van der Waals surface area contributed by atoms with Crippen LogP contribution in [0, 0.1) is 6.92 Å². The number of anilines is 2. The fourth-order valence-corrected chi connectivity index (χ4v) is 2.48. The highest BCUT2D eigenvalue weighted by Crippen LogP contribution is 2.40. The van der Waals surface area contributed by atoms with Crippen LogP contribution in [0.1, 0.15) is 37.1 Å². The highest BCUT2D eigenvalue weighted by molar-refractivity contribution is 6.03. The largest absolute Gasteiger partial charge is 0.493 e. The first kappa shape index (κ1) is 20.3. The van der Waals surface area contributed by atoms with E-state index in [1.807, 2.05) is 20.8 Å². The van der Waals surface area contributed by atoms with Crippen molar-refractivity contribution in [3.05, 3.63) is 29.7 Å². The number of nitrogens with one attached hydrogen (secondary N) is 2. The SMILES string of the molecule is COc1cc(NC(=O)c2cc(NC(C)(C)C)nc(C)n2)cc(OC)c1OC. The Labute approximate surface area is 159 Å². The average molecular weight is 374 g/mol. The lowest BCUT2D eigenvalue weighted by Crippen LogP contribution is -2.27. The molecule has 0 aliphatic heterocycles. The van der Waals surface area contributed by atoms with Gasteiger partial charge in [-0.1, -0.05) is 0 Å². The topological polar surface area (TPSA) is 94.6 Å². The van der Waals surface area contributed by atoms with Gasteiger partial charge in [-0.05, 0) is 27.7 Å². The fraction of sp³-hybridized carbons (Fsp3) is 0.421. The number of carbonyl (C=O) groups is 1. The molecule has 0 radical (unpaired) electrons. The number of ether oxygens (including phenoxy) is 3. The molecule has 0 unspecified atom stereocenters. The minimum absolute atomic E-state index is 0.189. The minimum atomic E-state index is -0.369. The Balaban J connectivity index is 2.32. The monoisotopic (exact) mass is 374 g/mol. The molecule has 1 aromatic heterocycles. The van der Waals surface area contributed by atoms with Gasteiger partial charge in [-0.25, -0.2) is 9.97 Å². The molecule has 2 rings (SSSR count). The molecule has 0 spiro atoms. The molecule has 1 heterocycles. The van der Waals surface area contributed by atoms with Crippen molar-refractivity contribution in [2.24, 2.45) is 0 Å². The number of aromatic nitrogens is 2. The molecule has 2 aromatic rings. The van der Waals surface area contributed by atoms with Gasteiger partial charge in [-0.3, -0.25) is 4.79 Å². The van der Waals surface area contributed by atoms with Crippen molar-refractivity contribution in [1.82, 2.24) is 9.97 Å². The lowest BCUT2D eigenvalue weighted by molar-refractivity contribution is 0.102. The van der Waals surface area contributed by atoms with E-state index in [0.29, 0.717) is 34.6 Å². The summed E-state index contributed by atoms with van der Waals surface area (Å²) in [4.78, 5) is 21.3. The Morgan fingerprint density at radius 1 is 0.963 bits per heavy atom. The van der Waals surface area contributed by atoms with Gasteiger partial charge in [0, 0.05) is 29.4 Å². The van der Waals surface area contributed by atoms with Gasteiger partial charge in [-0.2, -0.15) is 0 Å². The van der Waals surface area contributed by atoms with E-state index < -0.39 is 0 Å². The van der Waals surface area contributed by atoms with Gasteiger partial charge < -0.3 is 24.8 Å². The Bertz CT molecular complexity index is 806. The van der Waals surface area contributed by atoms with Crippen LogP contribution in [0.3, 0.4) is 0 Å². The quantitative estimate of drug-likeness (QED) is 0.801. The predicted octanol–water partition coefficient (Wildman–Crippen LogP) is 3.27. The Kier molecular flexibility index (Phi) is 6.09. The number of aryl methyl sites for hydroxylation is 1. The molecule has 27 heavy (non-hydrogen) atoms. The van der Waals surface area contributed by atoms with Crippen LogP contribution in [0.25, 0.3) is 0 Å². The van der Waals surface area contributed by atoms with Crippen LogP contribution >= 0.6 is 0 Å². The molecule has 146 valence electrons. The lowest BCUT2D eigenvalue weighted by atomic mass is 10.1. The first-order chi connectivity index (χ1) is 12.7. The predicted molar refractivity (Wildman–Crippen MR) is 104 cm³/mol. The molecule has 2 N–H and O–H groups in total. The maximum Gasteiger partial charge on any atom is 0.274 e. The van der Waals surface area contributed by atoms with E-state index in [-0.39, 0.29) is 17.1 Å². The van der Waals surface area contributed by atoms with E-state index in [2.05, 4.69) is 20.6 Å². The highest BCUT2D eigenvalue weighted by atomic mass is 16.5. The second kappa shape index (κ2) is 8.11. The number of amides is 1. The van der Waals surface area contributed by atoms with E-state index in [0.717, 1.165) is 0 Å². The second-order valence-corrected chi connectivity index (χ2v) is 6.93. The number of carbonyl (C=O) groups excluding carboxylic acids is 1. The third-order valence-corrected chi connectivity index (χ3v) is 3.50. The van der Waals surface area contributed by atoms with E-state index in [1.165, 1.54) is 21.3 Å². The second-order valence-electron chi connectivity index (χ2n) is 6.93. The molecule has 0 atom stereocenters. The van der Waals surface area contributed by atoms with Crippen molar-refractivity contribution in [1.29, 1.82) is 0 Å². The van der Waals surface area contributed by atoms with Gasteiger partial charge in [0.05, 0.1) is 21.3 Å². The van der Waals surface area contributed by atoms with E-state index >= 15 is 0 Å². The summed E-state index contributed by atoms with van der Waals surface area (Å²) in [5, 5.41) is 6.05. The molecule has 8 heteroatoms. The number of nitrogens with zero attached hydrogens (tertiary/aromatic N) is 2. The van der Waals surface area contributed by atoms with Crippen LogP contribution in [-0.2, 0) is 0 Å². The lowest BCUT2D eigenvalue weighted by Gasteiger charge is -2.21. The number of benzene rings is 1. The molecule has 0 bridgehead atoms. The van der Waals surface area contributed by atoms with Crippen LogP contribution in [0.5, 0.6) is 17.2 Å². The summed E-state index contributed by atoms with van der Waals surface area (Å²) in [6, 6.07) is 4.93. The zero-order valence-electron chi connectivity index (χ0n) is 16.8. The van der Waals surface area contributed by atoms with Gasteiger partial charge in [0.2, 0.25) is 5.75 Å². The minimum Gasteiger partial charge on any atom is -0.493 e. The normalized spacial score (nSPS) is 10.9. The standard InChI is InChI=1S/C19H26N4O4/c1-11-20-13(10-16(21-11)23-19(2,3)4)18(24)22-12-8-14(25-5)17(27-7)15(9-12)26-6/h8-10H,1-7H3,(H,22,24)(H,20,21,23). The molecule has 0 fully saturated rings. The van der Waals surface area contributed by atoms with E-state index in [4.69, 9.17) is 14.2 Å². The summed E-state index contributed by atoms with van der Waals surface area (Å²) in [6.45, 7) is 7.78. The first-order valence-electron chi connectivity index (χ1n) is 8.42. The van der Waals surface area contributed by atoms with Crippen molar-refractivity contribution in [2.75, 3.05) is 32.0 Å². The zero-order valence-corrected chi connectivity index (χ0v) is 16.8. The van der Waals surface area contributed by atoms with Crippen molar-refractivity contribution in [3.63, 3.8) is 0 Å². The van der Waals surface area contributed by atoms with Gasteiger partial charge >= 0.3 is 0 Å².